The minimum atomic E-state index is -1.38. The molecule has 0 heterocycles. The highest BCUT2D eigenvalue weighted by molar-refractivity contribution is 6.31. The third-order valence-electron chi connectivity index (χ3n) is 1.38. The summed E-state index contributed by atoms with van der Waals surface area (Å²) in [6, 6.07) is 0. The van der Waals surface area contributed by atoms with Crippen molar-refractivity contribution in [3.8, 4) is 0 Å². The normalized spacial score (nSPS) is 10.5. The lowest BCUT2D eigenvalue weighted by Crippen LogP contribution is -2.18. The van der Waals surface area contributed by atoms with Gasteiger partial charge in [-0.3, -0.25) is 19.2 Å². The second-order valence-electron chi connectivity index (χ2n) is 3.64. The summed E-state index contributed by atoms with van der Waals surface area (Å²) in [5.74, 6) is -4.26. The van der Waals surface area contributed by atoms with Crippen LogP contribution >= 0.6 is 0 Å². The third kappa shape index (κ3) is 15.9. The third-order valence-corrected chi connectivity index (χ3v) is 1.38. The number of rotatable bonds is 5. The Hall–Kier alpha value is -2.09. The lowest BCUT2D eigenvalue weighted by molar-refractivity contribution is -0.161. The van der Waals surface area contributed by atoms with Crippen molar-refractivity contribution >= 4 is 29.5 Å². The van der Waals surface area contributed by atoms with E-state index in [9.17, 15) is 24.0 Å². The van der Waals surface area contributed by atoms with Crippen molar-refractivity contribution in [1.82, 2.24) is 0 Å². The first-order valence-corrected chi connectivity index (χ1v) is 5.21. The largest absolute Gasteiger partial charge is 0.476 e. The molecule has 0 saturated heterocycles. The van der Waals surface area contributed by atoms with Crippen molar-refractivity contribution < 1.29 is 38.9 Å². The van der Waals surface area contributed by atoms with E-state index >= 15 is 0 Å². The number of carbonyl (C=O) groups is 5. The first kappa shape index (κ1) is 19.3. The summed E-state index contributed by atoms with van der Waals surface area (Å²) in [4.78, 5) is 50.7. The van der Waals surface area contributed by atoms with Crippen LogP contribution in [0.5, 0.6) is 0 Å². The summed E-state index contributed by atoms with van der Waals surface area (Å²) in [6.07, 6.45) is -1.51. The Morgan fingerprint density at radius 1 is 1.05 bits per heavy atom. The van der Waals surface area contributed by atoms with Crippen LogP contribution in [0.15, 0.2) is 0 Å². The smallest absolute Gasteiger partial charge is 0.371 e. The zero-order valence-corrected chi connectivity index (χ0v) is 10.8. The number of hydrogen-bond acceptors (Lipinski definition) is 7. The second kappa shape index (κ2) is 9.89. The van der Waals surface area contributed by atoms with E-state index in [1.807, 2.05) is 0 Å². The van der Waals surface area contributed by atoms with Crippen molar-refractivity contribution in [2.75, 3.05) is 0 Å². The van der Waals surface area contributed by atoms with Gasteiger partial charge in [-0.25, -0.2) is 4.79 Å². The summed E-state index contributed by atoms with van der Waals surface area (Å²) >= 11 is 0. The summed E-state index contributed by atoms with van der Waals surface area (Å²) in [6.45, 7) is 3.62. The number of carboxylic acid groups (broad SMARTS) is 1. The average Bonchev–Trinajstić information content (AvgIpc) is 2.14. The number of aliphatic hydroxyl groups is 1. The van der Waals surface area contributed by atoms with Crippen LogP contribution in [-0.4, -0.2) is 45.8 Å². The molecule has 19 heavy (non-hydrogen) atoms. The zero-order chi connectivity index (χ0) is 15.6. The van der Waals surface area contributed by atoms with Gasteiger partial charge in [0.2, 0.25) is 5.78 Å². The standard InChI is InChI=1S/C8H12O5.C3H4O3/c1-5(9)3-7(11)13-8(12)4-6(2)10;1-2(4)3(5)6/h5,9H,3-4H2,1-2H3;1H3,(H,5,6). The van der Waals surface area contributed by atoms with Crippen LogP contribution in [0.2, 0.25) is 0 Å². The maximum atomic E-state index is 10.7. The topological polar surface area (TPSA) is 135 Å². The molecule has 1 unspecified atom stereocenters. The van der Waals surface area contributed by atoms with E-state index in [1.54, 1.807) is 0 Å². The van der Waals surface area contributed by atoms with Gasteiger partial charge in [0, 0.05) is 6.92 Å². The van der Waals surface area contributed by atoms with Crippen molar-refractivity contribution in [2.24, 2.45) is 0 Å². The second-order valence-corrected chi connectivity index (χ2v) is 3.64. The Bertz CT molecular complexity index is 357. The molecule has 8 heteroatoms. The Labute approximate surface area is 109 Å². The first-order valence-electron chi connectivity index (χ1n) is 5.21. The van der Waals surface area contributed by atoms with Crippen LogP contribution < -0.4 is 0 Å². The SMILES string of the molecule is CC(=O)C(=O)O.CC(=O)CC(=O)OC(=O)CC(C)O. The molecule has 0 radical (unpaired) electrons. The molecule has 0 aromatic rings. The van der Waals surface area contributed by atoms with Crippen LogP contribution in [0.4, 0.5) is 0 Å². The number of ketones is 2. The molecule has 108 valence electrons. The zero-order valence-electron chi connectivity index (χ0n) is 10.8. The van der Waals surface area contributed by atoms with Crippen LogP contribution in [0.25, 0.3) is 0 Å². The summed E-state index contributed by atoms with van der Waals surface area (Å²) in [5.41, 5.74) is 0. The lowest BCUT2D eigenvalue weighted by Gasteiger charge is -2.02. The summed E-state index contributed by atoms with van der Waals surface area (Å²) in [7, 11) is 0. The summed E-state index contributed by atoms with van der Waals surface area (Å²) < 4.78 is 4.21. The number of ether oxygens (including phenoxy) is 1. The highest BCUT2D eigenvalue weighted by Gasteiger charge is 2.13. The molecule has 0 aliphatic heterocycles. The van der Waals surface area contributed by atoms with Crippen LogP contribution in [0, 0.1) is 0 Å². The number of Topliss-reactive ketones (excluding diaryl/α,β-unsaturated/α-hetero) is 2. The highest BCUT2D eigenvalue weighted by Crippen LogP contribution is 1.95. The predicted octanol–water partition coefficient (Wildman–Crippen LogP) is -0.534. The van der Waals surface area contributed by atoms with Crippen LogP contribution in [0.1, 0.15) is 33.6 Å². The van der Waals surface area contributed by atoms with Crippen molar-refractivity contribution in [1.29, 1.82) is 0 Å². The minimum absolute atomic E-state index is 0.246. The molecule has 0 aromatic carbocycles. The first-order chi connectivity index (χ1) is 8.56. The van der Waals surface area contributed by atoms with E-state index in [2.05, 4.69) is 4.74 Å². The Kier molecular flexibility index (Phi) is 10.0. The molecule has 1 atom stereocenters. The molecule has 0 aromatic heterocycles. The molecule has 0 fully saturated rings. The van der Waals surface area contributed by atoms with E-state index in [1.165, 1.54) is 13.8 Å². The molecule has 0 amide bonds. The molecular formula is C11H16O8. The predicted molar refractivity (Wildman–Crippen MR) is 61.0 cm³/mol. The average molecular weight is 276 g/mol. The molecule has 2 N–H and O–H groups in total. The van der Waals surface area contributed by atoms with Gasteiger partial charge in [-0.2, -0.15) is 0 Å². The number of aliphatic carboxylic acids is 1. The molecule has 0 bridgehead atoms. The highest BCUT2D eigenvalue weighted by atomic mass is 16.6. The van der Waals surface area contributed by atoms with E-state index in [0.29, 0.717) is 0 Å². The molecule has 0 aliphatic carbocycles. The Morgan fingerprint density at radius 3 is 1.74 bits per heavy atom. The van der Waals surface area contributed by atoms with Crippen molar-refractivity contribution in [3.63, 3.8) is 0 Å². The number of carbonyl (C=O) groups excluding carboxylic acids is 4. The molecule has 0 saturated carbocycles. The van der Waals surface area contributed by atoms with E-state index in [4.69, 9.17) is 10.2 Å². The van der Waals surface area contributed by atoms with Crippen molar-refractivity contribution in [2.45, 2.75) is 39.7 Å². The van der Waals surface area contributed by atoms with Gasteiger partial charge in [-0.15, -0.1) is 0 Å². The van der Waals surface area contributed by atoms with Gasteiger partial charge in [0.15, 0.2) is 0 Å². The Balaban J connectivity index is 0. The quantitative estimate of drug-likeness (QED) is 0.388. The van der Waals surface area contributed by atoms with E-state index in [0.717, 1.165) is 6.92 Å². The monoisotopic (exact) mass is 276 g/mol. The number of hydrogen-bond donors (Lipinski definition) is 2. The van der Waals surface area contributed by atoms with Gasteiger partial charge in [0.25, 0.3) is 0 Å². The molecule has 0 aliphatic rings. The van der Waals surface area contributed by atoms with Gasteiger partial charge < -0.3 is 14.9 Å². The molecule has 0 spiro atoms. The fraction of sp³-hybridized carbons (Fsp3) is 0.545. The molecule has 8 nitrogen and oxygen atoms in total. The molecular weight excluding hydrogens is 260 g/mol. The lowest BCUT2D eigenvalue weighted by atomic mass is 10.3. The van der Waals surface area contributed by atoms with Gasteiger partial charge >= 0.3 is 17.9 Å². The Morgan fingerprint density at radius 2 is 1.47 bits per heavy atom. The fourth-order valence-electron chi connectivity index (χ4n) is 0.649. The van der Waals surface area contributed by atoms with Gasteiger partial charge in [0.05, 0.1) is 12.5 Å². The van der Waals surface area contributed by atoms with Crippen LogP contribution in [-0.2, 0) is 28.7 Å². The fourth-order valence-corrected chi connectivity index (χ4v) is 0.649. The van der Waals surface area contributed by atoms with Gasteiger partial charge in [-0.05, 0) is 13.8 Å². The van der Waals surface area contributed by atoms with Gasteiger partial charge in [-0.1, -0.05) is 0 Å². The maximum Gasteiger partial charge on any atom is 0.371 e. The molecule has 0 rings (SSSR count). The number of aliphatic hydroxyl groups excluding tert-OH is 1. The summed E-state index contributed by atoms with van der Waals surface area (Å²) in [5, 5.41) is 16.4. The number of esters is 2. The maximum absolute atomic E-state index is 10.7. The van der Waals surface area contributed by atoms with Crippen LogP contribution in [0.3, 0.4) is 0 Å². The van der Waals surface area contributed by atoms with Gasteiger partial charge in [0.1, 0.15) is 12.2 Å². The minimum Gasteiger partial charge on any atom is -0.476 e. The number of carboxylic acids is 1. The van der Waals surface area contributed by atoms with Crippen molar-refractivity contribution in [3.05, 3.63) is 0 Å². The van der Waals surface area contributed by atoms with E-state index in [-0.39, 0.29) is 12.2 Å². The van der Waals surface area contributed by atoms with E-state index < -0.39 is 36.2 Å².